The predicted molar refractivity (Wildman–Crippen MR) is 190 cm³/mol. The van der Waals surface area contributed by atoms with Crippen LogP contribution in [0.25, 0.3) is 62.2 Å². The molecule has 0 fully saturated rings. The quantitative estimate of drug-likeness (QED) is 0.199. The number of rotatable bonds is 4. The molecular formula is C40H25NS2. The molecule has 1 nitrogen and oxygen atoms in total. The van der Waals surface area contributed by atoms with Gasteiger partial charge in [-0.1, -0.05) is 97.1 Å². The Morgan fingerprint density at radius 2 is 1.00 bits per heavy atom. The molecule has 0 spiro atoms. The number of nitrogens with zero attached hydrogens (tertiary/aromatic N) is 1. The second-order valence-corrected chi connectivity index (χ2v) is 13.1. The summed E-state index contributed by atoms with van der Waals surface area (Å²) in [5, 5.41) is 7.77. The summed E-state index contributed by atoms with van der Waals surface area (Å²) in [6, 6.07) is 55.5. The number of hydrogen-bond acceptors (Lipinski definition) is 3. The Labute approximate surface area is 257 Å². The van der Waals surface area contributed by atoms with Crippen molar-refractivity contribution >= 4 is 90.9 Å². The van der Waals surface area contributed by atoms with E-state index in [9.17, 15) is 0 Å². The van der Waals surface area contributed by atoms with Gasteiger partial charge >= 0.3 is 0 Å². The van der Waals surface area contributed by atoms with E-state index in [0.717, 1.165) is 11.4 Å². The standard InChI is InChI=1S/C40H25NS2/c1-2-9-28-24-31(22-18-26(28)8-1)41(36-13-7-12-34-32-10-3-6-15-38(32)43-40(34)36)30-20-16-27(17-21-30)29-19-23-39-35(25-29)33-11-4-5-14-37(33)42-39/h1-25H. The van der Waals surface area contributed by atoms with Crippen LogP contribution in [0.2, 0.25) is 0 Å². The molecule has 0 N–H and O–H groups in total. The van der Waals surface area contributed by atoms with Crippen LogP contribution in [0.15, 0.2) is 152 Å². The molecule has 2 heterocycles. The van der Waals surface area contributed by atoms with E-state index in [2.05, 4.69) is 157 Å². The van der Waals surface area contributed by atoms with Crippen LogP contribution in [0.1, 0.15) is 0 Å². The molecule has 0 saturated heterocycles. The molecule has 0 saturated carbocycles. The van der Waals surface area contributed by atoms with Gasteiger partial charge in [0.2, 0.25) is 0 Å². The summed E-state index contributed by atoms with van der Waals surface area (Å²) in [5.74, 6) is 0. The van der Waals surface area contributed by atoms with Crippen molar-refractivity contribution in [2.45, 2.75) is 0 Å². The fraction of sp³-hybridized carbons (Fsp3) is 0. The van der Waals surface area contributed by atoms with Gasteiger partial charge < -0.3 is 4.90 Å². The highest BCUT2D eigenvalue weighted by molar-refractivity contribution is 7.26. The van der Waals surface area contributed by atoms with Crippen LogP contribution >= 0.6 is 22.7 Å². The first-order valence-corrected chi connectivity index (χ1v) is 16.1. The zero-order valence-electron chi connectivity index (χ0n) is 23.2. The molecule has 0 bridgehead atoms. The van der Waals surface area contributed by atoms with Crippen LogP contribution in [0.5, 0.6) is 0 Å². The van der Waals surface area contributed by atoms with Crippen molar-refractivity contribution in [1.82, 2.24) is 0 Å². The van der Waals surface area contributed by atoms with Crippen molar-refractivity contribution < 1.29 is 0 Å². The molecule has 3 heteroatoms. The Morgan fingerprint density at radius 1 is 0.372 bits per heavy atom. The SMILES string of the molecule is c1ccc2cc(N(c3ccc(-c4ccc5sc6ccccc6c5c4)cc3)c3cccc4c3sc3ccccc34)ccc2c1. The second-order valence-electron chi connectivity index (χ2n) is 11.0. The van der Waals surface area contributed by atoms with Crippen molar-refractivity contribution in [3.8, 4) is 11.1 Å². The summed E-state index contributed by atoms with van der Waals surface area (Å²) in [6.07, 6.45) is 0. The molecule has 2 aromatic heterocycles. The van der Waals surface area contributed by atoms with Gasteiger partial charge in [0.25, 0.3) is 0 Å². The monoisotopic (exact) mass is 583 g/mol. The van der Waals surface area contributed by atoms with Crippen molar-refractivity contribution in [3.63, 3.8) is 0 Å². The highest BCUT2D eigenvalue weighted by Gasteiger charge is 2.18. The fourth-order valence-corrected chi connectivity index (χ4v) is 8.65. The third kappa shape index (κ3) is 4.04. The third-order valence-electron chi connectivity index (χ3n) is 8.45. The maximum Gasteiger partial charge on any atom is 0.0640 e. The van der Waals surface area contributed by atoms with E-state index >= 15 is 0 Å². The summed E-state index contributed by atoms with van der Waals surface area (Å²) in [4.78, 5) is 2.42. The molecular weight excluding hydrogens is 559 g/mol. The van der Waals surface area contributed by atoms with Crippen LogP contribution in [-0.4, -0.2) is 0 Å². The van der Waals surface area contributed by atoms with Gasteiger partial charge in [-0.2, -0.15) is 0 Å². The molecule has 202 valence electrons. The highest BCUT2D eigenvalue weighted by atomic mass is 32.1. The zero-order valence-corrected chi connectivity index (χ0v) is 24.8. The van der Waals surface area contributed by atoms with Crippen molar-refractivity contribution in [3.05, 3.63) is 152 Å². The summed E-state index contributed by atoms with van der Waals surface area (Å²) in [7, 11) is 0. The highest BCUT2D eigenvalue weighted by Crippen LogP contribution is 2.45. The first-order valence-electron chi connectivity index (χ1n) is 14.5. The van der Waals surface area contributed by atoms with Gasteiger partial charge in [0.1, 0.15) is 0 Å². The van der Waals surface area contributed by atoms with Crippen molar-refractivity contribution in [1.29, 1.82) is 0 Å². The Bertz CT molecular complexity index is 2460. The van der Waals surface area contributed by atoms with Gasteiger partial charge in [0.05, 0.1) is 10.4 Å². The number of hydrogen-bond donors (Lipinski definition) is 0. The van der Waals surface area contributed by atoms with Crippen LogP contribution in [0.3, 0.4) is 0 Å². The van der Waals surface area contributed by atoms with Gasteiger partial charge in [-0.3, -0.25) is 0 Å². The number of anilines is 3. The van der Waals surface area contributed by atoms with E-state index in [0.29, 0.717) is 0 Å². The Kier molecular flexibility index (Phi) is 5.62. The molecule has 0 aliphatic heterocycles. The minimum Gasteiger partial charge on any atom is -0.309 e. The Balaban J connectivity index is 1.21. The lowest BCUT2D eigenvalue weighted by molar-refractivity contribution is 1.31. The molecule has 0 amide bonds. The minimum atomic E-state index is 1.14. The molecule has 0 atom stereocenters. The lowest BCUT2D eigenvalue weighted by atomic mass is 10.0. The Morgan fingerprint density at radius 3 is 1.84 bits per heavy atom. The normalized spacial score (nSPS) is 11.7. The van der Waals surface area contributed by atoms with Gasteiger partial charge in [0, 0.05) is 47.0 Å². The van der Waals surface area contributed by atoms with Gasteiger partial charge in [0.15, 0.2) is 0 Å². The maximum atomic E-state index is 2.42. The predicted octanol–water partition coefficient (Wildman–Crippen LogP) is 12.7. The lowest BCUT2D eigenvalue weighted by Gasteiger charge is -2.26. The smallest absolute Gasteiger partial charge is 0.0640 e. The van der Waals surface area contributed by atoms with E-state index < -0.39 is 0 Å². The second kappa shape index (κ2) is 9.81. The average Bonchev–Trinajstić information content (AvgIpc) is 3.64. The number of fused-ring (bicyclic) bond motifs is 7. The first-order chi connectivity index (χ1) is 21.3. The minimum absolute atomic E-state index is 1.14. The molecule has 9 rings (SSSR count). The molecule has 0 unspecified atom stereocenters. The topological polar surface area (TPSA) is 3.24 Å². The van der Waals surface area contributed by atoms with E-state index in [1.54, 1.807) is 0 Å². The van der Waals surface area contributed by atoms with E-state index in [1.807, 2.05) is 22.7 Å². The number of thiophene rings is 2. The van der Waals surface area contributed by atoms with Crippen LogP contribution in [0.4, 0.5) is 17.1 Å². The number of benzene rings is 7. The van der Waals surface area contributed by atoms with E-state index in [4.69, 9.17) is 0 Å². The zero-order chi connectivity index (χ0) is 28.3. The summed E-state index contributed by atoms with van der Waals surface area (Å²) in [5.41, 5.74) is 5.97. The first kappa shape index (κ1) is 24.6. The van der Waals surface area contributed by atoms with Gasteiger partial charge in [-0.15, -0.1) is 22.7 Å². The largest absolute Gasteiger partial charge is 0.309 e. The maximum absolute atomic E-state index is 2.42. The fourth-order valence-electron chi connectivity index (χ4n) is 6.36. The summed E-state index contributed by atoms with van der Waals surface area (Å²) < 4.78 is 5.29. The average molecular weight is 584 g/mol. The lowest BCUT2D eigenvalue weighted by Crippen LogP contribution is -2.10. The van der Waals surface area contributed by atoms with Crippen LogP contribution in [0, 0.1) is 0 Å². The molecule has 0 radical (unpaired) electrons. The molecule has 43 heavy (non-hydrogen) atoms. The molecule has 7 aromatic carbocycles. The van der Waals surface area contributed by atoms with E-state index in [1.165, 1.54) is 67.9 Å². The summed E-state index contributed by atoms with van der Waals surface area (Å²) in [6.45, 7) is 0. The van der Waals surface area contributed by atoms with Crippen LogP contribution < -0.4 is 4.90 Å². The van der Waals surface area contributed by atoms with Gasteiger partial charge in [-0.05, 0) is 76.5 Å². The van der Waals surface area contributed by atoms with Crippen LogP contribution in [-0.2, 0) is 0 Å². The molecule has 0 aliphatic carbocycles. The van der Waals surface area contributed by atoms with E-state index in [-0.39, 0.29) is 0 Å². The summed E-state index contributed by atoms with van der Waals surface area (Å²) >= 11 is 3.74. The Hall–Kier alpha value is -4.96. The van der Waals surface area contributed by atoms with Crippen molar-refractivity contribution in [2.24, 2.45) is 0 Å². The molecule has 9 aromatic rings. The van der Waals surface area contributed by atoms with Gasteiger partial charge in [-0.25, -0.2) is 0 Å². The third-order valence-corrected chi connectivity index (χ3v) is 10.8. The molecule has 0 aliphatic rings. The van der Waals surface area contributed by atoms with Crippen molar-refractivity contribution in [2.75, 3.05) is 4.90 Å².